The smallest absolute Gasteiger partial charge is 0.235 e. The second-order valence-electron chi connectivity index (χ2n) is 7.98. The van der Waals surface area contributed by atoms with Gasteiger partial charge in [-0.05, 0) is 66.4 Å². The molecule has 10 heteroatoms. The summed E-state index contributed by atoms with van der Waals surface area (Å²) in [6.07, 6.45) is 2.91. The fourth-order valence-electron chi connectivity index (χ4n) is 3.94. The second kappa shape index (κ2) is 8.83. The van der Waals surface area contributed by atoms with E-state index in [1.165, 1.54) is 12.1 Å². The number of nitrogens with zero attached hydrogens (tertiary/aromatic N) is 4. The highest BCUT2D eigenvalue weighted by atomic mass is 35.5. The van der Waals surface area contributed by atoms with E-state index in [-0.39, 0.29) is 17.4 Å². The number of benzene rings is 2. The summed E-state index contributed by atoms with van der Waals surface area (Å²) < 4.78 is 20.6. The number of tetrazole rings is 1. The quantitative estimate of drug-likeness (QED) is 0.395. The van der Waals surface area contributed by atoms with Crippen LogP contribution in [0, 0.1) is 5.82 Å². The molecule has 1 saturated carbocycles. The number of rotatable bonds is 7. The van der Waals surface area contributed by atoms with E-state index in [9.17, 15) is 4.79 Å². The van der Waals surface area contributed by atoms with Crippen LogP contribution < -0.4 is 10.1 Å². The molecule has 0 atom stereocenters. The average molecular weight is 479 g/mol. The first kappa shape index (κ1) is 22.0. The monoisotopic (exact) mass is 478 g/mol. The van der Waals surface area contributed by atoms with Crippen molar-refractivity contribution in [2.45, 2.75) is 25.2 Å². The van der Waals surface area contributed by atoms with E-state index in [0.717, 1.165) is 5.56 Å². The zero-order valence-electron chi connectivity index (χ0n) is 18.2. The highest BCUT2D eigenvalue weighted by molar-refractivity contribution is 6.30. The summed E-state index contributed by atoms with van der Waals surface area (Å²) in [5.74, 6) is -0.155. The first-order valence-electron chi connectivity index (χ1n) is 10.7. The molecule has 1 amide bonds. The Balaban J connectivity index is 1.50. The zero-order chi connectivity index (χ0) is 23.7. The van der Waals surface area contributed by atoms with Gasteiger partial charge in [0.1, 0.15) is 5.82 Å². The van der Waals surface area contributed by atoms with Crippen LogP contribution in [0.4, 0.5) is 10.1 Å². The lowest BCUT2D eigenvalue weighted by Crippen LogP contribution is -2.28. The van der Waals surface area contributed by atoms with Gasteiger partial charge < -0.3 is 10.1 Å². The predicted molar refractivity (Wildman–Crippen MR) is 125 cm³/mol. The standard InChI is InChI=1S/C24H20ClFN6O2/c1-2-34-21-7-6-14(13-27-21)17-11-19(26)20(12-18(17)22-29-31-32-30-22)28-23(33)24(8-9-24)15-4-3-5-16(25)10-15/h3-7,10-13H,2,8-9H2,1H3,(H,28,33)(H,29,30,31,32). The van der Waals surface area contributed by atoms with E-state index in [4.69, 9.17) is 16.3 Å². The number of amides is 1. The Morgan fingerprint density at radius 3 is 2.71 bits per heavy atom. The Labute approximate surface area is 199 Å². The minimum absolute atomic E-state index is 0.0285. The van der Waals surface area contributed by atoms with Crippen LogP contribution in [0.3, 0.4) is 0 Å². The van der Waals surface area contributed by atoms with E-state index >= 15 is 4.39 Å². The number of aromatic amines is 1. The van der Waals surface area contributed by atoms with Crippen molar-refractivity contribution < 1.29 is 13.9 Å². The summed E-state index contributed by atoms with van der Waals surface area (Å²) in [5, 5.41) is 17.4. The molecule has 1 aliphatic rings. The molecule has 2 aromatic heterocycles. The highest BCUT2D eigenvalue weighted by Crippen LogP contribution is 2.49. The molecule has 0 unspecified atom stereocenters. The lowest BCUT2D eigenvalue weighted by atomic mass is 9.94. The molecule has 1 fully saturated rings. The summed E-state index contributed by atoms with van der Waals surface area (Å²) in [6.45, 7) is 2.35. The molecule has 2 aromatic carbocycles. The lowest BCUT2D eigenvalue weighted by Gasteiger charge is -2.18. The van der Waals surface area contributed by atoms with Crippen molar-refractivity contribution in [3.8, 4) is 28.4 Å². The van der Waals surface area contributed by atoms with E-state index in [1.54, 1.807) is 36.5 Å². The third kappa shape index (κ3) is 4.10. The minimum atomic E-state index is -0.721. The van der Waals surface area contributed by atoms with Crippen LogP contribution in [-0.4, -0.2) is 38.1 Å². The third-order valence-corrected chi connectivity index (χ3v) is 6.08. The summed E-state index contributed by atoms with van der Waals surface area (Å²) in [5.41, 5.74) is 1.75. The average Bonchev–Trinajstić information content (AvgIpc) is 3.48. The van der Waals surface area contributed by atoms with Gasteiger partial charge in [0.2, 0.25) is 17.6 Å². The molecular formula is C24H20ClFN6O2. The van der Waals surface area contributed by atoms with Crippen molar-refractivity contribution in [3.63, 3.8) is 0 Å². The minimum Gasteiger partial charge on any atom is -0.478 e. The number of hydrogen-bond acceptors (Lipinski definition) is 6. The molecule has 2 N–H and O–H groups in total. The maximum Gasteiger partial charge on any atom is 0.235 e. The number of halogens is 2. The SMILES string of the molecule is CCOc1ccc(-c2cc(F)c(NC(=O)C3(c4cccc(Cl)c4)CC3)cc2-c2nn[nH]n2)cn1. The first-order chi connectivity index (χ1) is 16.5. The Kier molecular flexibility index (Phi) is 5.70. The zero-order valence-corrected chi connectivity index (χ0v) is 18.9. The van der Waals surface area contributed by atoms with Crippen molar-refractivity contribution in [2.75, 3.05) is 11.9 Å². The van der Waals surface area contributed by atoms with Crippen molar-refractivity contribution >= 4 is 23.2 Å². The van der Waals surface area contributed by atoms with Crippen LogP contribution in [-0.2, 0) is 10.2 Å². The van der Waals surface area contributed by atoms with Crippen LogP contribution in [0.25, 0.3) is 22.5 Å². The molecule has 8 nitrogen and oxygen atoms in total. The molecule has 0 spiro atoms. The van der Waals surface area contributed by atoms with Gasteiger partial charge in [0, 0.05) is 28.4 Å². The van der Waals surface area contributed by atoms with Gasteiger partial charge >= 0.3 is 0 Å². The molecule has 1 aliphatic carbocycles. The molecule has 2 heterocycles. The Bertz CT molecular complexity index is 1340. The van der Waals surface area contributed by atoms with Gasteiger partial charge in [-0.1, -0.05) is 23.7 Å². The maximum atomic E-state index is 15.2. The predicted octanol–water partition coefficient (Wildman–Crippen LogP) is 4.79. The van der Waals surface area contributed by atoms with Crippen molar-refractivity contribution in [2.24, 2.45) is 0 Å². The molecule has 5 rings (SSSR count). The fraction of sp³-hybridized carbons (Fsp3) is 0.208. The molecular weight excluding hydrogens is 459 g/mol. The highest BCUT2D eigenvalue weighted by Gasteiger charge is 2.51. The lowest BCUT2D eigenvalue weighted by molar-refractivity contribution is -0.118. The number of carbonyl (C=O) groups excluding carboxylic acids is 1. The molecule has 34 heavy (non-hydrogen) atoms. The van der Waals surface area contributed by atoms with E-state index in [1.807, 2.05) is 13.0 Å². The van der Waals surface area contributed by atoms with Gasteiger partial charge in [-0.3, -0.25) is 4.79 Å². The second-order valence-corrected chi connectivity index (χ2v) is 8.41. The Morgan fingerprint density at radius 2 is 2.06 bits per heavy atom. The Hall–Kier alpha value is -3.85. The van der Waals surface area contributed by atoms with Gasteiger partial charge in [-0.15, -0.1) is 10.2 Å². The molecule has 0 aliphatic heterocycles. The van der Waals surface area contributed by atoms with Crippen LogP contribution >= 0.6 is 11.6 Å². The van der Waals surface area contributed by atoms with Crippen molar-refractivity contribution in [1.29, 1.82) is 0 Å². The molecule has 0 radical (unpaired) electrons. The van der Waals surface area contributed by atoms with Gasteiger partial charge in [0.25, 0.3) is 0 Å². The molecule has 0 saturated heterocycles. The van der Waals surface area contributed by atoms with Gasteiger partial charge in [-0.2, -0.15) is 5.21 Å². The van der Waals surface area contributed by atoms with Crippen LogP contribution in [0.1, 0.15) is 25.3 Å². The van der Waals surface area contributed by atoms with Gasteiger partial charge in [0.05, 0.1) is 17.7 Å². The summed E-state index contributed by atoms with van der Waals surface area (Å²) in [4.78, 5) is 17.5. The molecule has 0 bridgehead atoms. The van der Waals surface area contributed by atoms with Crippen molar-refractivity contribution in [1.82, 2.24) is 25.6 Å². The van der Waals surface area contributed by atoms with Crippen LogP contribution in [0.2, 0.25) is 5.02 Å². The van der Waals surface area contributed by atoms with E-state index < -0.39 is 11.2 Å². The number of H-pyrrole nitrogens is 1. The number of pyridine rings is 1. The number of hydrogen-bond donors (Lipinski definition) is 2. The number of anilines is 1. The number of ether oxygens (including phenoxy) is 1. The largest absolute Gasteiger partial charge is 0.478 e. The normalized spacial score (nSPS) is 14.0. The van der Waals surface area contributed by atoms with Gasteiger partial charge in [0.15, 0.2) is 0 Å². The molecule has 4 aromatic rings. The number of carbonyl (C=O) groups is 1. The first-order valence-corrected chi connectivity index (χ1v) is 11.1. The summed E-state index contributed by atoms with van der Waals surface area (Å²) >= 11 is 6.12. The number of aromatic nitrogens is 5. The van der Waals surface area contributed by atoms with Crippen molar-refractivity contribution in [3.05, 3.63) is 71.1 Å². The summed E-state index contributed by atoms with van der Waals surface area (Å²) in [6, 6.07) is 13.5. The Morgan fingerprint density at radius 1 is 1.21 bits per heavy atom. The van der Waals surface area contributed by atoms with Crippen LogP contribution in [0.5, 0.6) is 5.88 Å². The van der Waals surface area contributed by atoms with E-state index in [2.05, 4.69) is 30.9 Å². The maximum absolute atomic E-state index is 15.2. The van der Waals surface area contributed by atoms with E-state index in [0.29, 0.717) is 47.0 Å². The van der Waals surface area contributed by atoms with Crippen LogP contribution in [0.15, 0.2) is 54.7 Å². The summed E-state index contributed by atoms with van der Waals surface area (Å²) in [7, 11) is 0. The number of nitrogens with one attached hydrogen (secondary N) is 2. The third-order valence-electron chi connectivity index (χ3n) is 5.84. The fourth-order valence-corrected chi connectivity index (χ4v) is 4.13. The topological polar surface area (TPSA) is 106 Å². The molecule has 172 valence electrons. The van der Waals surface area contributed by atoms with Gasteiger partial charge in [-0.25, -0.2) is 9.37 Å².